The topological polar surface area (TPSA) is 34.4 Å². The van der Waals surface area contributed by atoms with Gasteiger partial charge in [-0.2, -0.15) is 0 Å². The van der Waals surface area contributed by atoms with Gasteiger partial charge >= 0.3 is 0 Å². The van der Waals surface area contributed by atoms with Gasteiger partial charge < -0.3 is 0 Å². The molecule has 0 saturated heterocycles. The van der Waals surface area contributed by atoms with E-state index in [0.717, 1.165) is 35.3 Å². The molecule has 0 N–H and O–H groups in total. The number of carbonyl (C=O) groups excluding carboxylic acids is 1. The second-order valence-corrected chi connectivity index (χ2v) is 7.60. The second kappa shape index (κ2) is 5.60. The van der Waals surface area contributed by atoms with Crippen LogP contribution in [0, 0.1) is 0 Å². The molecule has 1 aromatic carbocycles. The van der Waals surface area contributed by atoms with Crippen molar-refractivity contribution in [1.82, 2.24) is 9.38 Å². The summed E-state index contributed by atoms with van der Waals surface area (Å²) in [5, 5.41) is 0. The summed E-state index contributed by atoms with van der Waals surface area (Å²) in [5.41, 5.74) is 5.15. The van der Waals surface area contributed by atoms with Gasteiger partial charge in [-0.15, -0.1) is 11.3 Å². The number of carbonyl (C=O) groups is 1. The quantitative estimate of drug-likeness (QED) is 0.644. The molecule has 0 aliphatic heterocycles. The van der Waals surface area contributed by atoms with Gasteiger partial charge in [0.1, 0.15) is 11.4 Å². The minimum Gasteiger partial charge on any atom is -0.296 e. The third-order valence-corrected chi connectivity index (χ3v) is 5.86. The van der Waals surface area contributed by atoms with E-state index in [1.807, 2.05) is 0 Å². The van der Waals surface area contributed by atoms with Crippen LogP contribution in [0.1, 0.15) is 59.2 Å². The molecule has 1 aliphatic rings. The zero-order valence-corrected chi connectivity index (χ0v) is 14.3. The van der Waals surface area contributed by atoms with Crippen LogP contribution in [-0.2, 0) is 12.8 Å². The van der Waals surface area contributed by atoms with Crippen molar-refractivity contribution in [1.29, 1.82) is 0 Å². The first kappa shape index (κ1) is 14.6. The molecule has 0 amide bonds. The van der Waals surface area contributed by atoms with E-state index in [2.05, 4.69) is 42.5 Å². The van der Waals surface area contributed by atoms with Crippen molar-refractivity contribution in [2.45, 2.75) is 45.4 Å². The van der Waals surface area contributed by atoms with Crippen LogP contribution in [0.4, 0.5) is 0 Å². The van der Waals surface area contributed by atoms with Crippen LogP contribution < -0.4 is 0 Å². The molecule has 0 atom stereocenters. The molecule has 3 aromatic rings. The summed E-state index contributed by atoms with van der Waals surface area (Å²) in [6.45, 7) is 4.37. The standard InChI is InChI=1S/C19H20N2OS/c1-12(2)13-7-9-14(10-8-13)18-16(11-22)21-15-5-3-4-6-17(15)23-19(21)20-18/h7-12H,3-6H2,1-2H3. The highest BCUT2D eigenvalue weighted by molar-refractivity contribution is 7.17. The van der Waals surface area contributed by atoms with E-state index in [4.69, 9.17) is 4.98 Å². The molecule has 4 heteroatoms. The Balaban J connectivity index is 1.87. The molecule has 0 bridgehead atoms. The van der Waals surface area contributed by atoms with E-state index in [0.29, 0.717) is 11.6 Å². The fourth-order valence-corrected chi connectivity index (χ4v) is 4.62. The lowest BCUT2D eigenvalue weighted by Gasteiger charge is -2.11. The fraction of sp³-hybridized carbons (Fsp3) is 0.368. The average molecular weight is 324 g/mol. The Morgan fingerprint density at radius 2 is 1.91 bits per heavy atom. The first-order chi connectivity index (χ1) is 11.2. The number of hydrogen-bond donors (Lipinski definition) is 0. The third kappa shape index (κ3) is 2.32. The Bertz CT molecular complexity index is 871. The summed E-state index contributed by atoms with van der Waals surface area (Å²) >= 11 is 1.75. The molecule has 0 spiro atoms. The lowest BCUT2D eigenvalue weighted by Crippen LogP contribution is -2.04. The van der Waals surface area contributed by atoms with Crippen molar-refractivity contribution >= 4 is 22.6 Å². The van der Waals surface area contributed by atoms with Gasteiger partial charge in [-0.3, -0.25) is 9.20 Å². The normalized spacial score (nSPS) is 14.4. The summed E-state index contributed by atoms with van der Waals surface area (Å²) < 4.78 is 2.10. The van der Waals surface area contributed by atoms with Gasteiger partial charge in [0.25, 0.3) is 0 Å². The number of hydrogen-bond acceptors (Lipinski definition) is 3. The average Bonchev–Trinajstić information content (AvgIpc) is 3.10. The van der Waals surface area contributed by atoms with E-state index in [1.54, 1.807) is 11.3 Å². The molecular weight excluding hydrogens is 304 g/mol. The fourth-order valence-electron chi connectivity index (χ4n) is 3.41. The molecule has 0 fully saturated rings. The molecule has 4 rings (SSSR count). The molecule has 0 radical (unpaired) electrons. The maximum absolute atomic E-state index is 11.8. The van der Waals surface area contributed by atoms with Crippen molar-refractivity contribution in [3.8, 4) is 11.3 Å². The molecule has 23 heavy (non-hydrogen) atoms. The first-order valence-electron chi connectivity index (χ1n) is 8.27. The zero-order chi connectivity index (χ0) is 16.0. The summed E-state index contributed by atoms with van der Waals surface area (Å²) in [4.78, 5) is 18.9. The number of fused-ring (bicyclic) bond motifs is 3. The van der Waals surface area contributed by atoms with Crippen LogP contribution in [-0.4, -0.2) is 15.7 Å². The van der Waals surface area contributed by atoms with Crippen molar-refractivity contribution in [2.75, 3.05) is 0 Å². The van der Waals surface area contributed by atoms with Gasteiger partial charge in [0.15, 0.2) is 11.2 Å². The Morgan fingerprint density at radius 3 is 2.61 bits per heavy atom. The largest absolute Gasteiger partial charge is 0.296 e. The monoisotopic (exact) mass is 324 g/mol. The number of imidazole rings is 1. The highest BCUT2D eigenvalue weighted by Crippen LogP contribution is 2.34. The number of thiazole rings is 1. The first-order valence-corrected chi connectivity index (χ1v) is 9.09. The summed E-state index contributed by atoms with van der Waals surface area (Å²) in [6.07, 6.45) is 5.59. The van der Waals surface area contributed by atoms with Crippen molar-refractivity contribution in [3.05, 3.63) is 46.1 Å². The van der Waals surface area contributed by atoms with Crippen LogP contribution in [0.15, 0.2) is 24.3 Å². The lowest BCUT2D eigenvalue weighted by atomic mass is 10.0. The van der Waals surface area contributed by atoms with Gasteiger partial charge in [-0.05, 0) is 37.2 Å². The molecule has 2 heterocycles. The number of aldehydes is 1. The predicted molar refractivity (Wildman–Crippen MR) is 94.6 cm³/mol. The summed E-state index contributed by atoms with van der Waals surface area (Å²) in [7, 11) is 0. The molecular formula is C19H20N2OS. The van der Waals surface area contributed by atoms with E-state index >= 15 is 0 Å². The van der Waals surface area contributed by atoms with Crippen LogP contribution in [0.25, 0.3) is 16.2 Å². The predicted octanol–water partition coefficient (Wildman–Crippen LogP) is 4.88. The maximum atomic E-state index is 11.8. The smallest absolute Gasteiger partial charge is 0.195 e. The molecule has 2 aromatic heterocycles. The number of nitrogens with zero attached hydrogens (tertiary/aromatic N) is 2. The summed E-state index contributed by atoms with van der Waals surface area (Å²) in [5.74, 6) is 0.507. The number of rotatable bonds is 3. The SMILES string of the molecule is CC(C)c1ccc(-c2nc3sc4c(n3c2C=O)CCCC4)cc1. The maximum Gasteiger partial charge on any atom is 0.195 e. The van der Waals surface area contributed by atoms with E-state index in [9.17, 15) is 4.79 Å². The van der Waals surface area contributed by atoms with E-state index in [-0.39, 0.29) is 0 Å². The molecule has 3 nitrogen and oxygen atoms in total. The minimum atomic E-state index is 0.507. The highest BCUT2D eigenvalue weighted by atomic mass is 32.1. The zero-order valence-electron chi connectivity index (χ0n) is 13.5. The van der Waals surface area contributed by atoms with Crippen LogP contribution in [0.3, 0.4) is 0 Å². The van der Waals surface area contributed by atoms with Crippen LogP contribution in [0.5, 0.6) is 0 Å². The second-order valence-electron chi connectivity index (χ2n) is 6.54. The lowest BCUT2D eigenvalue weighted by molar-refractivity contribution is 0.111. The van der Waals surface area contributed by atoms with Crippen molar-refractivity contribution in [3.63, 3.8) is 0 Å². The van der Waals surface area contributed by atoms with E-state index in [1.165, 1.54) is 29.0 Å². The van der Waals surface area contributed by atoms with Gasteiger partial charge in [0, 0.05) is 16.1 Å². The van der Waals surface area contributed by atoms with Gasteiger partial charge in [-0.1, -0.05) is 38.1 Å². The molecule has 0 unspecified atom stereocenters. The third-order valence-electron chi connectivity index (χ3n) is 4.72. The minimum absolute atomic E-state index is 0.507. The Kier molecular flexibility index (Phi) is 3.57. The Hall–Kier alpha value is -1.94. The van der Waals surface area contributed by atoms with Crippen molar-refractivity contribution in [2.24, 2.45) is 0 Å². The highest BCUT2D eigenvalue weighted by Gasteiger charge is 2.22. The van der Waals surface area contributed by atoms with Crippen LogP contribution >= 0.6 is 11.3 Å². The summed E-state index contributed by atoms with van der Waals surface area (Å²) in [6, 6.07) is 8.44. The number of aryl methyl sites for hydroxylation is 2. The Morgan fingerprint density at radius 1 is 1.17 bits per heavy atom. The number of aromatic nitrogens is 2. The van der Waals surface area contributed by atoms with Gasteiger partial charge in [0.05, 0.1) is 0 Å². The van der Waals surface area contributed by atoms with Gasteiger partial charge in [-0.25, -0.2) is 4.98 Å². The number of benzene rings is 1. The van der Waals surface area contributed by atoms with E-state index < -0.39 is 0 Å². The molecule has 118 valence electrons. The molecule has 1 aliphatic carbocycles. The van der Waals surface area contributed by atoms with Crippen molar-refractivity contribution < 1.29 is 4.79 Å². The molecule has 0 saturated carbocycles. The van der Waals surface area contributed by atoms with Crippen LogP contribution in [0.2, 0.25) is 0 Å². The Labute approximate surface area is 140 Å². The van der Waals surface area contributed by atoms with Gasteiger partial charge in [0.2, 0.25) is 0 Å².